The number of piperidine rings is 1. The monoisotopic (exact) mass is 794 g/mol. The fourth-order valence-corrected chi connectivity index (χ4v) is 9.61. The molecule has 53 heavy (non-hydrogen) atoms. The number of carbonyl (C=O) groups is 1. The van der Waals surface area contributed by atoms with Gasteiger partial charge in [0.05, 0.1) is 45.0 Å². The van der Waals surface area contributed by atoms with Crippen LogP contribution >= 0.6 is 34.5 Å². The molecule has 0 saturated carbocycles. The Morgan fingerprint density at radius 3 is 2.47 bits per heavy atom. The maximum absolute atomic E-state index is 12.2. The number of hydrogen-bond donors (Lipinski definition) is 4. The summed E-state index contributed by atoms with van der Waals surface area (Å²) < 4.78 is 33.6. The first-order valence-corrected chi connectivity index (χ1v) is 20.5. The zero-order valence-electron chi connectivity index (χ0n) is 29.3. The average molecular weight is 796 g/mol. The highest BCUT2D eigenvalue weighted by atomic mass is 35.5. The molecule has 4 N–H and O–H groups in total. The van der Waals surface area contributed by atoms with Gasteiger partial charge in [-0.25, -0.2) is 28.1 Å². The van der Waals surface area contributed by atoms with Crippen molar-refractivity contribution >= 4 is 72.2 Å². The van der Waals surface area contributed by atoms with Crippen LogP contribution in [0.2, 0.25) is 10.0 Å². The maximum atomic E-state index is 12.2. The Balaban J connectivity index is 1.07. The predicted octanol–water partition coefficient (Wildman–Crippen LogP) is 6.36. The number of benzene rings is 2. The molecule has 1 amide bonds. The number of ether oxygens (including phenoxy) is 1. The number of nitrogens with one attached hydrogen (secondary N) is 4. The smallest absolute Gasteiger partial charge is 0.220 e. The van der Waals surface area contributed by atoms with Gasteiger partial charge >= 0.3 is 0 Å². The lowest BCUT2D eigenvalue weighted by molar-refractivity contribution is -0.119. The van der Waals surface area contributed by atoms with Crippen molar-refractivity contribution in [1.82, 2.24) is 35.2 Å². The van der Waals surface area contributed by atoms with Crippen LogP contribution in [0.4, 0.5) is 11.5 Å². The number of halogens is 2. The molecular weight excluding hydrogens is 755 g/mol. The molecule has 16 heteroatoms. The SMILES string of the molecule is CNS(=O)(=O)C1CCN(Cc2nc3c(Nc4cccc(-c5cccc(-c6ccc(CNC[C@H]7CCC(=O)N7)c(OC)n6)c5Cl)c4Cl)nccc3s2)CC1. The van der Waals surface area contributed by atoms with E-state index in [9.17, 15) is 13.2 Å². The van der Waals surface area contributed by atoms with E-state index in [-0.39, 0.29) is 17.2 Å². The number of amides is 1. The number of likely N-dealkylation sites (tertiary alicyclic amines) is 1. The number of thiazole rings is 1. The Hall–Kier alpha value is -3.89. The molecule has 7 rings (SSSR count). The van der Waals surface area contributed by atoms with Gasteiger partial charge in [0.15, 0.2) is 5.82 Å². The Labute approximate surface area is 322 Å². The molecular formula is C37H40Cl2N8O4S2. The average Bonchev–Trinajstić information content (AvgIpc) is 3.78. The van der Waals surface area contributed by atoms with Crippen LogP contribution in [0.1, 0.15) is 36.3 Å². The molecule has 5 aromatic rings. The lowest BCUT2D eigenvalue weighted by Crippen LogP contribution is -2.42. The second-order valence-corrected chi connectivity index (χ2v) is 17.1. The first-order chi connectivity index (χ1) is 25.6. The predicted molar refractivity (Wildman–Crippen MR) is 212 cm³/mol. The molecule has 2 fully saturated rings. The maximum Gasteiger partial charge on any atom is 0.220 e. The third-order valence-corrected chi connectivity index (χ3v) is 13.4. The number of anilines is 2. The van der Waals surface area contributed by atoms with Crippen LogP contribution in [0, 0.1) is 0 Å². The largest absolute Gasteiger partial charge is 0.481 e. The summed E-state index contributed by atoms with van der Waals surface area (Å²) in [7, 11) is -0.204. The van der Waals surface area contributed by atoms with Crippen LogP contribution in [0.25, 0.3) is 32.6 Å². The number of carbonyl (C=O) groups excluding carboxylic acids is 1. The molecule has 5 heterocycles. The summed E-state index contributed by atoms with van der Waals surface area (Å²) in [5.74, 6) is 1.17. The summed E-state index contributed by atoms with van der Waals surface area (Å²) in [6, 6.07) is 17.5. The van der Waals surface area contributed by atoms with Crippen molar-refractivity contribution in [2.75, 3.05) is 39.1 Å². The van der Waals surface area contributed by atoms with Crippen LogP contribution in [0.5, 0.6) is 5.88 Å². The van der Waals surface area contributed by atoms with Gasteiger partial charge in [0.2, 0.25) is 21.8 Å². The number of hydrogen-bond acceptors (Lipinski definition) is 11. The van der Waals surface area contributed by atoms with E-state index in [1.54, 1.807) is 24.6 Å². The van der Waals surface area contributed by atoms with Crippen LogP contribution in [0.3, 0.4) is 0 Å². The van der Waals surface area contributed by atoms with Crippen molar-refractivity contribution < 1.29 is 17.9 Å². The lowest BCUT2D eigenvalue weighted by atomic mass is 10.00. The summed E-state index contributed by atoms with van der Waals surface area (Å²) in [5.41, 5.74) is 5.18. The number of fused-ring (bicyclic) bond motifs is 1. The van der Waals surface area contributed by atoms with E-state index in [1.807, 2.05) is 54.6 Å². The van der Waals surface area contributed by atoms with Gasteiger partial charge in [-0.15, -0.1) is 11.3 Å². The van der Waals surface area contributed by atoms with Crippen molar-refractivity contribution in [3.05, 3.63) is 81.4 Å². The van der Waals surface area contributed by atoms with E-state index >= 15 is 0 Å². The minimum atomic E-state index is -3.27. The second kappa shape index (κ2) is 16.2. The number of aromatic nitrogens is 3. The van der Waals surface area contributed by atoms with Crippen LogP contribution in [-0.2, 0) is 27.9 Å². The van der Waals surface area contributed by atoms with Crippen molar-refractivity contribution in [2.45, 2.75) is 50.1 Å². The third-order valence-electron chi connectivity index (χ3n) is 9.71. The molecule has 2 saturated heterocycles. The van der Waals surface area contributed by atoms with Gasteiger partial charge in [0.1, 0.15) is 10.5 Å². The van der Waals surface area contributed by atoms with Gasteiger partial charge in [-0.2, -0.15) is 0 Å². The highest BCUT2D eigenvalue weighted by molar-refractivity contribution is 7.90. The minimum absolute atomic E-state index is 0.0937. The molecule has 0 spiro atoms. The van der Waals surface area contributed by atoms with Crippen LogP contribution < -0.4 is 25.4 Å². The van der Waals surface area contributed by atoms with Crippen LogP contribution in [-0.4, -0.2) is 79.3 Å². The minimum Gasteiger partial charge on any atom is -0.481 e. The molecule has 0 bridgehead atoms. The number of methoxy groups -OCH3 is 1. The zero-order valence-corrected chi connectivity index (χ0v) is 32.4. The van der Waals surface area contributed by atoms with Crippen molar-refractivity contribution in [1.29, 1.82) is 0 Å². The van der Waals surface area contributed by atoms with Crippen LogP contribution in [0.15, 0.2) is 60.8 Å². The van der Waals surface area contributed by atoms with Gasteiger partial charge in [0, 0.05) is 54.0 Å². The summed E-state index contributed by atoms with van der Waals surface area (Å²) >= 11 is 15.8. The number of nitrogens with zero attached hydrogens (tertiary/aromatic N) is 4. The molecule has 2 aliphatic heterocycles. The van der Waals surface area contributed by atoms with Crippen molar-refractivity contribution in [3.8, 4) is 28.3 Å². The molecule has 2 aliphatic rings. The second-order valence-electron chi connectivity index (χ2n) is 13.1. The zero-order chi connectivity index (χ0) is 37.1. The van der Waals surface area contributed by atoms with Gasteiger partial charge in [-0.05, 0) is 57.6 Å². The topological polar surface area (TPSA) is 150 Å². The van der Waals surface area contributed by atoms with Gasteiger partial charge in [-0.1, -0.05) is 59.6 Å². The summed E-state index contributed by atoms with van der Waals surface area (Å²) in [6.07, 6.45) is 4.31. The molecule has 1 atom stereocenters. The highest BCUT2D eigenvalue weighted by Gasteiger charge is 2.29. The molecule has 278 valence electrons. The Bertz CT molecular complexity index is 2250. The van der Waals surface area contributed by atoms with Crippen molar-refractivity contribution in [2.24, 2.45) is 0 Å². The number of pyridine rings is 2. The van der Waals surface area contributed by atoms with Crippen molar-refractivity contribution in [3.63, 3.8) is 0 Å². The van der Waals surface area contributed by atoms with Gasteiger partial charge < -0.3 is 20.7 Å². The molecule has 0 aliphatic carbocycles. The standard InChI is InChI=1S/C37H40Cl2N8O4S2/c1-40-53(49,50)24-14-17-47(18-15-24)21-32-46-35-30(52-32)13-16-42-36(35)44-29-8-4-6-26(34(29)39)25-5-3-7-27(33(25)38)28-11-9-22(37(45-28)51-2)19-41-20-23-10-12-31(48)43-23/h3-9,11,13,16,23-24,40-41H,10,12,14-15,17-21H2,1-2H3,(H,42,44)(H,43,48)/t23-/m1/s1. The fourth-order valence-electron chi connectivity index (χ4n) is 6.84. The van der Waals surface area contributed by atoms with E-state index in [4.69, 9.17) is 37.9 Å². The van der Waals surface area contributed by atoms with Gasteiger partial charge in [-0.3, -0.25) is 9.69 Å². The highest BCUT2D eigenvalue weighted by Crippen LogP contribution is 2.42. The van der Waals surface area contributed by atoms with E-state index in [1.165, 1.54) is 7.05 Å². The summed E-state index contributed by atoms with van der Waals surface area (Å²) in [5, 5.41) is 11.3. The van der Waals surface area contributed by atoms with E-state index in [0.29, 0.717) is 85.1 Å². The molecule has 0 unspecified atom stereocenters. The van der Waals surface area contributed by atoms with E-state index in [2.05, 4.69) is 30.6 Å². The molecule has 3 aromatic heterocycles. The molecule has 12 nitrogen and oxygen atoms in total. The Morgan fingerprint density at radius 2 is 1.74 bits per heavy atom. The Morgan fingerprint density at radius 1 is 0.981 bits per heavy atom. The number of rotatable bonds is 13. The lowest BCUT2D eigenvalue weighted by Gasteiger charge is -2.30. The summed E-state index contributed by atoms with van der Waals surface area (Å²) in [4.78, 5) is 28.1. The first-order valence-electron chi connectivity index (χ1n) is 17.4. The third kappa shape index (κ3) is 8.29. The van der Waals surface area contributed by atoms with Gasteiger partial charge in [0.25, 0.3) is 0 Å². The normalized spacial score (nSPS) is 17.0. The summed E-state index contributed by atoms with van der Waals surface area (Å²) in [6.45, 7) is 3.22. The van der Waals surface area contributed by atoms with E-state index in [0.717, 1.165) is 43.9 Å². The van der Waals surface area contributed by atoms with E-state index < -0.39 is 10.0 Å². The first kappa shape index (κ1) is 37.4. The fraction of sp³-hybridized carbons (Fsp3) is 0.351. The molecule has 0 radical (unpaired) electrons. The number of sulfonamides is 1. The molecule has 2 aromatic carbocycles. The quantitative estimate of drug-likeness (QED) is 0.106. The Kier molecular flexibility index (Phi) is 11.5.